The first-order valence-electron chi connectivity index (χ1n) is 5.14. The van der Waals surface area contributed by atoms with Crippen LogP contribution >= 0.6 is 0 Å². The van der Waals surface area contributed by atoms with Crippen LogP contribution in [0.3, 0.4) is 0 Å². The zero-order valence-corrected chi connectivity index (χ0v) is 9.39. The summed E-state index contributed by atoms with van der Waals surface area (Å²) in [6, 6.07) is 2.22. The fraction of sp³-hybridized carbons (Fsp3) is 0.545. The molecule has 1 rings (SSSR count). The van der Waals surface area contributed by atoms with Gasteiger partial charge in [-0.1, -0.05) is 0 Å². The Morgan fingerprint density at radius 1 is 1.50 bits per heavy atom. The molecule has 0 aliphatic rings. The number of pyridine rings is 1. The molecule has 0 aromatic carbocycles. The van der Waals surface area contributed by atoms with Crippen LogP contribution < -0.4 is 5.56 Å². The maximum Gasteiger partial charge on any atom is 0.250 e. The predicted molar refractivity (Wildman–Crippen MR) is 57.8 cm³/mol. The lowest BCUT2D eigenvalue weighted by Gasteiger charge is -2.14. The van der Waals surface area contributed by atoms with E-state index in [4.69, 9.17) is 4.74 Å². The van der Waals surface area contributed by atoms with Gasteiger partial charge in [0.15, 0.2) is 0 Å². The summed E-state index contributed by atoms with van der Waals surface area (Å²) in [7, 11) is 0. The molecule has 1 atom stereocenters. The summed E-state index contributed by atoms with van der Waals surface area (Å²) in [5.41, 5.74) is -0.343. The van der Waals surface area contributed by atoms with E-state index < -0.39 is 11.9 Å². The molecule has 0 saturated heterocycles. The lowest BCUT2D eigenvalue weighted by molar-refractivity contribution is -0.00115. The topological polar surface area (TPSA) is 51.5 Å². The van der Waals surface area contributed by atoms with Crippen LogP contribution in [0.15, 0.2) is 23.1 Å². The van der Waals surface area contributed by atoms with Gasteiger partial charge in [0.2, 0.25) is 0 Å². The lowest BCUT2D eigenvalue weighted by atomic mass is 10.3. The molecule has 0 aliphatic heterocycles. The normalized spacial score (nSPS) is 13.1. The number of hydrogen-bond donors (Lipinski definition) is 1. The monoisotopic (exact) mass is 229 g/mol. The lowest BCUT2D eigenvalue weighted by Crippen LogP contribution is -2.29. The summed E-state index contributed by atoms with van der Waals surface area (Å²) in [6.07, 6.45) is 0.266. The summed E-state index contributed by atoms with van der Waals surface area (Å²) in [6.45, 7) is 3.85. The van der Waals surface area contributed by atoms with Crippen LogP contribution in [0.1, 0.15) is 13.8 Å². The number of aromatic nitrogens is 1. The summed E-state index contributed by atoms with van der Waals surface area (Å²) in [5.74, 6) is -0.503. The van der Waals surface area contributed by atoms with Gasteiger partial charge in [0.25, 0.3) is 5.56 Å². The van der Waals surface area contributed by atoms with Crippen LogP contribution in [0.5, 0.6) is 0 Å². The van der Waals surface area contributed by atoms with E-state index >= 15 is 0 Å². The number of hydrogen-bond acceptors (Lipinski definition) is 3. The smallest absolute Gasteiger partial charge is 0.250 e. The fourth-order valence-corrected chi connectivity index (χ4v) is 1.23. The first-order chi connectivity index (χ1) is 7.49. The zero-order chi connectivity index (χ0) is 12.1. The number of nitrogens with zero attached hydrogens (tertiary/aromatic N) is 1. The number of rotatable bonds is 5. The summed E-state index contributed by atoms with van der Waals surface area (Å²) in [4.78, 5) is 11.3. The van der Waals surface area contributed by atoms with Crippen LogP contribution in [-0.2, 0) is 11.3 Å². The molecule has 0 amide bonds. The molecule has 1 heterocycles. The van der Waals surface area contributed by atoms with Gasteiger partial charge in [-0.05, 0) is 19.9 Å². The number of ether oxygens (including phenoxy) is 1. The van der Waals surface area contributed by atoms with E-state index in [1.807, 2.05) is 13.8 Å². The number of aliphatic hydroxyl groups excluding tert-OH is 1. The zero-order valence-electron chi connectivity index (χ0n) is 9.39. The van der Waals surface area contributed by atoms with Crippen molar-refractivity contribution in [2.45, 2.75) is 32.6 Å². The van der Waals surface area contributed by atoms with Crippen LogP contribution in [0.2, 0.25) is 0 Å². The molecule has 0 aliphatic carbocycles. The molecule has 4 nitrogen and oxygen atoms in total. The minimum Gasteiger partial charge on any atom is -0.389 e. The molecule has 1 unspecified atom stereocenters. The van der Waals surface area contributed by atoms with Gasteiger partial charge in [0.05, 0.1) is 25.4 Å². The molecule has 90 valence electrons. The average molecular weight is 229 g/mol. The Balaban J connectivity index is 2.58. The van der Waals surface area contributed by atoms with Gasteiger partial charge in [0, 0.05) is 12.3 Å². The molecule has 16 heavy (non-hydrogen) atoms. The van der Waals surface area contributed by atoms with Gasteiger partial charge in [-0.25, -0.2) is 4.39 Å². The van der Waals surface area contributed by atoms with Crippen molar-refractivity contribution in [3.8, 4) is 0 Å². The highest BCUT2D eigenvalue weighted by Gasteiger charge is 2.08. The van der Waals surface area contributed by atoms with Crippen LogP contribution in [0, 0.1) is 5.82 Å². The van der Waals surface area contributed by atoms with Crippen molar-refractivity contribution in [3.05, 3.63) is 34.5 Å². The molecular formula is C11H16FNO3. The largest absolute Gasteiger partial charge is 0.389 e. The van der Waals surface area contributed by atoms with Crippen molar-refractivity contribution in [1.29, 1.82) is 0 Å². The minimum absolute atomic E-state index is 0.0129. The quantitative estimate of drug-likeness (QED) is 0.811. The van der Waals surface area contributed by atoms with E-state index in [-0.39, 0.29) is 24.8 Å². The third-order valence-corrected chi connectivity index (χ3v) is 1.98. The average Bonchev–Trinajstić information content (AvgIpc) is 2.20. The Morgan fingerprint density at radius 2 is 2.19 bits per heavy atom. The van der Waals surface area contributed by atoms with E-state index in [1.54, 1.807) is 0 Å². The minimum atomic E-state index is -0.818. The van der Waals surface area contributed by atoms with Gasteiger partial charge in [-0.15, -0.1) is 0 Å². The molecule has 5 heteroatoms. The second-order valence-electron chi connectivity index (χ2n) is 3.87. The van der Waals surface area contributed by atoms with Gasteiger partial charge < -0.3 is 14.4 Å². The van der Waals surface area contributed by atoms with E-state index in [0.717, 1.165) is 22.9 Å². The first-order valence-corrected chi connectivity index (χ1v) is 5.14. The highest BCUT2D eigenvalue weighted by atomic mass is 19.1. The highest BCUT2D eigenvalue weighted by Crippen LogP contribution is 1.97. The third kappa shape index (κ3) is 4.12. The molecule has 0 fully saturated rings. The SMILES string of the molecule is CC(C)OCC(O)Cn1cc(F)ccc1=O. The second kappa shape index (κ2) is 5.77. The molecule has 1 N–H and O–H groups in total. The maximum atomic E-state index is 12.8. The number of aliphatic hydroxyl groups is 1. The molecule has 1 aromatic heterocycles. The standard InChI is InChI=1S/C11H16FNO3/c1-8(2)16-7-10(14)6-13-5-9(12)3-4-11(13)15/h3-5,8,10,14H,6-7H2,1-2H3. The molecular weight excluding hydrogens is 213 g/mol. The van der Waals surface area contributed by atoms with Crippen LogP contribution in [0.25, 0.3) is 0 Å². The molecule has 0 bridgehead atoms. The van der Waals surface area contributed by atoms with Crippen molar-refractivity contribution in [2.24, 2.45) is 0 Å². The van der Waals surface area contributed by atoms with Gasteiger partial charge in [0.1, 0.15) is 5.82 Å². The Labute approximate surface area is 93.3 Å². The van der Waals surface area contributed by atoms with Gasteiger partial charge in [-0.3, -0.25) is 4.79 Å². The predicted octanol–water partition coefficient (Wildman–Crippen LogP) is 0.773. The van der Waals surface area contributed by atoms with Crippen LogP contribution in [-0.4, -0.2) is 28.5 Å². The van der Waals surface area contributed by atoms with Crippen molar-refractivity contribution in [1.82, 2.24) is 4.57 Å². The van der Waals surface area contributed by atoms with E-state index in [2.05, 4.69) is 0 Å². The molecule has 1 aromatic rings. The Morgan fingerprint density at radius 3 is 2.81 bits per heavy atom. The Bertz CT molecular complexity index is 389. The highest BCUT2D eigenvalue weighted by molar-refractivity contribution is 4.96. The summed E-state index contributed by atoms with van der Waals surface area (Å²) >= 11 is 0. The van der Waals surface area contributed by atoms with E-state index in [9.17, 15) is 14.3 Å². The van der Waals surface area contributed by atoms with Crippen LogP contribution in [0.4, 0.5) is 4.39 Å². The van der Waals surface area contributed by atoms with E-state index in [1.165, 1.54) is 0 Å². The molecule has 0 saturated carbocycles. The number of halogens is 1. The van der Waals surface area contributed by atoms with Crippen molar-refractivity contribution in [2.75, 3.05) is 6.61 Å². The van der Waals surface area contributed by atoms with Gasteiger partial charge in [-0.2, -0.15) is 0 Å². The van der Waals surface area contributed by atoms with Crippen molar-refractivity contribution < 1.29 is 14.2 Å². The van der Waals surface area contributed by atoms with E-state index in [0.29, 0.717) is 0 Å². The fourth-order valence-electron chi connectivity index (χ4n) is 1.23. The molecule has 0 radical (unpaired) electrons. The first kappa shape index (κ1) is 12.9. The van der Waals surface area contributed by atoms with Crippen molar-refractivity contribution in [3.63, 3.8) is 0 Å². The summed E-state index contributed by atoms with van der Waals surface area (Å²) < 4.78 is 19.2. The Kier molecular flexibility index (Phi) is 4.64. The summed E-state index contributed by atoms with van der Waals surface area (Å²) in [5, 5.41) is 9.56. The van der Waals surface area contributed by atoms with Crippen molar-refractivity contribution >= 4 is 0 Å². The third-order valence-electron chi connectivity index (χ3n) is 1.98. The molecule has 0 spiro atoms. The second-order valence-corrected chi connectivity index (χ2v) is 3.87. The van der Waals surface area contributed by atoms with Gasteiger partial charge >= 0.3 is 0 Å². The Hall–Kier alpha value is -1.20. The maximum absolute atomic E-state index is 12.8.